The van der Waals surface area contributed by atoms with E-state index in [-0.39, 0.29) is 12.1 Å². The lowest BCUT2D eigenvalue weighted by molar-refractivity contribution is 0.102. The van der Waals surface area contributed by atoms with Crippen molar-refractivity contribution in [2.24, 2.45) is 0 Å². The van der Waals surface area contributed by atoms with Gasteiger partial charge in [0, 0.05) is 22.8 Å². The molecule has 2 aromatic heterocycles. The number of hydrogen-bond donors (Lipinski definition) is 2. The number of ether oxygens (including phenoxy) is 1. The average molecular weight is 357 g/mol. The van der Waals surface area contributed by atoms with Crippen molar-refractivity contribution in [1.82, 2.24) is 9.55 Å². The normalized spacial score (nSPS) is 10.4. The van der Waals surface area contributed by atoms with E-state index in [1.807, 2.05) is 17.5 Å². The van der Waals surface area contributed by atoms with Crippen molar-refractivity contribution in [3.8, 4) is 5.75 Å². The Morgan fingerprint density at radius 2 is 2.12 bits per heavy atom. The number of carbonyl (C=O) groups excluding carboxylic acids is 1. The number of aromatic amines is 1. The highest BCUT2D eigenvalue weighted by Crippen LogP contribution is 2.17. The number of amides is 1. The molecular formula is C17H15N3O4S. The topological polar surface area (TPSA) is 93.2 Å². The van der Waals surface area contributed by atoms with Crippen molar-refractivity contribution in [3.05, 3.63) is 79.3 Å². The maximum Gasteiger partial charge on any atom is 0.328 e. The van der Waals surface area contributed by atoms with Gasteiger partial charge >= 0.3 is 5.69 Å². The predicted molar refractivity (Wildman–Crippen MR) is 95.7 cm³/mol. The summed E-state index contributed by atoms with van der Waals surface area (Å²) >= 11 is 1.43. The number of thiophene rings is 1. The van der Waals surface area contributed by atoms with Gasteiger partial charge in [-0.05, 0) is 23.6 Å². The molecule has 3 rings (SSSR count). The Balaban J connectivity index is 1.90. The number of hydrogen-bond acceptors (Lipinski definition) is 5. The third kappa shape index (κ3) is 3.69. The number of carbonyl (C=O) groups is 1. The van der Waals surface area contributed by atoms with E-state index in [1.54, 1.807) is 24.3 Å². The van der Waals surface area contributed by atoms with Crippen LogP contribution in [0.2, 0.25) is 0 Å². The van der Waals surface area contributed by atoms with Crippen LogP contribution in [0, 0.1) is 0 Å². The molecular weight excluding hydrogens is 342 g/mol. The summed E-state index contributed by atoms with van der Waals surface area (Å²) < 4.78 is 6.10. The molecule has 0 aliphatic heterocycles. The predicted octanol–water partition coefficient (Wildman–Crippen LogP) is 1.91. The molecule has 0 aliphatic carbocycles. The first-order valence-electron chi connectivity index (χ1n) is 7.39. The number of H-pyrrole nitrogens is 1. The molecule has 0 spiro atoms. The fourth-order valence-electron chi connectivity index (χ4n) is 2.28. The van der Waals surface area contributed by atoms with Crippen molar-refractivity contribution < 1.29 is 9.53 Å². The maximum atomic E-state index is 12.5. The zero-order valence-corrected chi connectivity index (χ0v) is 14.1. The van der Waals surface area contributed by atoms with Gasteiger partial charge in [0.25, 0.3) is 11.5 Å². The summed E-state index contributed by atoms with van der Waals surface area (Å²) in [5.74, 6) is -0.0243. The Labute approximate surface area is 146 Å². The van der Waals surface area contributed by atoms with Crippen LogP contribution in [0.25, 0.3) is 0 Å². The van der Waals surface area contributed by atoms with Crippen molar-refractivity contribution in [1.29, 1.82) is 0 Å². The highest BCUT2D eigenvalue weighted by Gasteiger charge is 2.15. The number of anilines is 1. The fourth-order valence-corrected chi connectivity index (χ4v) is 2.97. The lowest BCUT2D eigenvalue weighted by Gasteiger charge is -2.08. The zero-order chi connectivity index (χ0) is 17.8. The first-order valence-corrected chi connectivity index (χ1v) is 8.27. The molecule has 1 aromatic carbocycles. The van der Waals surface area contributed by atoms with Gasteiger partial charge in [-0.1, -0.05) is 12.1 Å². The third-order valence-corrected chi connectivity index (χ3v) is 4.39. The SMILES string of the molecule is COc1cccc(NC(=O)c2c[nH]c(=O)n(Cc3cccs3)c2=O)c1. The van der Waals surface area contributed by atoms with Gasteiger partial charge in [-0.25, -0.2) is 4.79 Å². The van der Waals surface area contributed by atoms with E-state index in [1.165, 1.54) is 18.4 Å². The lowest BCUT2D eigenvalue weighted by atomic mass is 10.2. The number of rotatable bonds is 5. The van der Waals surface area contributed by atoms with Crippen LogP contribution in [0.5, 0.6) is 5.75 Å². The van der Waals surface area contributed by atoms with Crippen molar-refractivity contribution >= 4 is 22.9 Å². The van der Waals surface area contributed by atoms with Crippen LogP contribution in [0.1, 0.15) is 15.2 Å². The lowest BCUT2D eigenvalue weighted by Crippen LogP contribution is -2.39. The number of aromatic nitrogens is 2. The molecule has 1 amide bonds. The molecule has 2 heterocycles. The number of methoxy groups -OCH3 is 1. The standard InChI is InChI=1S/C17H15N3O4S/c1-24-12-5-2-4-11(8-12)19-15(21)14-9-18-17(23)20(16(14)22)10-13-6-3-7-25-13/h2-9H,10H2,1H3,(H,18,23)(H,19,21). The second-order valence-corrected chi connectivity index (χ2v) is 6.20. The Morgan fingerprint density at radius 1 is 1.28 bits per heavy atom. The molecule has 0 saturated heterocycles. The van der Waals surface area contributed by atoms with E-state index in [4.69, 9.17) is 4.74 Å². The summed E-state index contributed by atoms with van der Waals surface area (Å²) in [6.07, 6.45) is 1.13. The minimum atomic E-state index is -0.641. The van der Waals surface area contributed by atoms with Gasteiger partial charge in [0.15, 0.2) is 0 Å². The van der Waals surface area contributed by atoms with Gasteiger partial charge < -0.3 is 15.0 Å². The van der Waals surface area contributed by atoms with Crippen LogP contribution in [-0.2, 0) is 6.54 Å². The van der Waals surface area contributed by atoms with E-state index in [0.29, 0.717) is 11.4 Å². The highest BCUT2D eigenvalue weighted by molar-refractivity contribution is 7.09. The summed E-state index contributed by atoms with van der Waals surface area (Å²) in [4.78, 5) is 40.2. The average Bonchev–Trinajstić information content (AvgIpc) is 3.12. The highest BCUT2D eigenvalue weighted by atomic mass is 32.1. The molecule has 8 heteroatoms. The molecule has 0 aliphatic rings. The zero-order valence-electron chi connectivity index (χ0n) is 13.3. The first-order chi connectivity index (χ1) is 12.1. The molecule has 0 atom stereocenters. The van der Waals surface area contributed by atoms with Crippen LogP contribution in [0.15, 0.2) is 57.6 Å². The minimum absolute atomic E-state index is 0.117. The van der Waals surface area contributed by atoms with Gasteiger partial charge in [-0.2, -0.15) is 0 Å². The molecule has 0 fully saturated rings. The van der Waals surface area contributed by atoms with E-state index in [2.05, 4.69) is 10.3 Å². The van der Waals surface area contributed by atoms with Crippen molar-refractivity contribution in [2.75, 3.05) is 12.4 Å². The van der Waals surface area contributed by atoms with E-state index < -0.39 is 17.2 Å². The molecule has 0 bridgehead atoms. The second kappa shape index (κ2) is 7.18. The van der Waals surface area contributed by atoms with Gasteiger partial charge in [0.2, 0.25) is 0 Å². The van der Waals surface area contributed by atoms with Crippen LogP contribution < -0.4 is 21.3 Å². The maximum absolute atomic E-state index is 12.5. The first kappa shape index (κ1) is 16.7. The molecule has 2 N–H and O–H groups in total. The number of nitrogens with zero attached hydrogens (tertiary/aromatic N) is 1. The monoisotopic (exact) mass is 357 g/mol. The summed E-state index contributed by atoms with van der Waals surface area (Å²) in [6.45, 7) is 0.117. The van der Waals surface area contributed by atoms with Gasteiger partial charge in [-0.3, -0.25) is 14.2 Å². The summed E-state index contributed by atoms with van der Waals surface area (Å²) in [6, 6.07) is 10.4. The van der Waals surface area contributed by atoms with Crippen molar-refractivity contribution in [3.63, 3.8) is 0 Å². The minimum Gasteiger partial charge on any atom is -0.497 e. The van der Waals surface area contributed by atoms with Crippen LogP contribution >= 0.6 is 11.3 Å². The fraction of sp³-hybridized carbons (Fsp3) is 0.118. The Morgan fingerprint density at radius 3 is 2.84 bits per heavy atom. The molecule has 7 nitrogen and oxygen atoms in total. The van der Waals surface area contributed by atoms with E-state index >= 15 is 0 Å². The quantitative estimate of drug-likeness (QED) is 0.729. The Bertz CT molecular complexity index is 1010. The van der Waals surface area contributed by atoms with Crippen LogP contribution in [-0.4, -0.2) is 22.6 Å². The van der Waals surface area contributed by atoms with Crippen LogP contribution in [0.4, 0.5) is 5.69 Å². The molecule has 0 saturated carbocycles. The molecule has 25 heavy (non-hydrogen) atoms. The largest absolute Gasteiger partial charge is 0.497 e. The van der Waals surface area contributed by atoms with Gasteiger partial charge in [-0.15, -0.1) is 11.3 Å². The van der Waals surface area contributed by atoms with Gasteiger partial charge in [0.05, 0.1) is 13.7 Å². The smallest absolute Gasteiger partial charge is 0.328 e. The molecule has 3 aromatic rings. The van der Waals surface area contributed by atoms with Gasteiger partial charge in [0.1, 0.15) is 11.3 Å². The Kier molecular flexibility index (Phi) is 4.80. The summed E-state index contributed by atoms with van der Waals surface area (Å²) in [7, 11) is 1.52. The number of benzene rings is 1. The molecule has 128 valence electrons. The van der Waals surface area contributed by atoms with E-state index in [9.17, 15) is 14.4 Å². The van der Waals surface area contributed by atoms with Crippen LogP contribution in [0.3, 0.4) is 0 Å². The van der Waals surface area contributed by atoms with Crippen molar-refractivity contribution in [2.45, 2.75) is 6.54 Å². The Hall–Kier alpha value is -3.13. The molecule has 0 unspecified atom stereocenters. The summed E-state index contributed by atoms with van der Waals surface area (Å²) in [5, 5.41) is 4.48. The summed E-state index contributed by atoms with van der Waals surface area (Å²) in [5.41, 5.74) is -0.854. The second-order valence-electron chi connectivity index (χ2n) is 5.16. The third-order valence-electron chi connectivity index (χ3n) is 3.53. The molecule has 0 radical (unpaired) electrons. The van der Waals surface area contributed by atoms with E-state index in [0.717, 1.165) is 15.6 Å². The number of nitrogens with one attached hydrogen (secondary N) is 2.